The van der Waals surface area contributed by atoms with Crippen LogP contribution in [-0.4, -0.2) is 71.2 Å². The number of rotatable bonds is 9. The van der Waals surface area contributed by atoms with E-state index in [-0.39, 0.29) is 43.6 Å². The molecule has 0 aromatic carbocycles. The fourth-order valence-corrected chi connectivity index (χ4v) is 4.69. The van der Waals surface area contributed by atoms with Gasteiger partial charge in [-0.15, -0.1) is 0 Å². The minimum absolute atomic E-state index is 0.112. The molecule has 11 nitrogen and oxygen atoms in total. The van der Waals surface area contributed by atoms with Gasteiger partial charge < -0.3 is 14.4 Å². The average molecular weight is 452 g/mol. The highest BCUT2D eigenvalue weighted by atomic mass is 19.1. The largest absolute Gasteiger partial charge is 0.349 e. The maximum atomic E-state index is 15.2. The summed E-state index contributed by atoms with van der Waals surface area (Å²) in [5.41, 5.74) is 5.05. The van der Waals surface area contributed by atoms with Gasteiger partial charge in [0.25, 0.3) is 0 Å². The molecule has 3 heterocycles. The van der Waals surface area contributed by atoms with Gasteiger partial charge in [0.1, 0.15) is 24.8 Å². The summed E-state index contributed by atoms with van der Waals surface area (Å²) in [7, 11) is 0. The molecule has 3 aliphatic rings. The maximum absolute atomic E-state index is 15.2. The van der Waals surface area contributed by atoms with Crippen LogP contribution >= 0.6 is 0 Å². The van der Waals surface area contributed by atoms with Crippen LogP contribution in [0.3, 0.4) is 0 Å². The van der Waals surface area contributed by atoms with Crippen LogP contribution in [0.5, 0.6) is 0 Å². The predicted octanol–water partition coefficient (Wildman–Crippen LogP) is 0.973. The van der Waals surface area contributed by atoms with Crippen molar-refractivity contribution >= 4 is 24.0 Å². The molecule has 1 aliphatic carbocycles. The second-order valence-corrected chi connectivity index (χ2v) is 8.61. The van der Waals surface area contributed by atoms with Crippen LogP contribution < -0.4 is 15.8 Å². The SMILES string of the molecule is Cc1nc(NNC(=O)[C@@H](CC2CCCC2)CN(O)C=O)c(F)c(N2CC3OCOC3C2)n1. The fraction of sp³-hybridized carbons (Fsp3) is 0.700. The summed E-state index contributed by atoms with van der Waals surface area (Å²) in [6, 6.07) is 0. The molecule has 176 valence electrons. The van der Waals surface area contributed by atoms with Gasteiger partial charge in [-0.1, -0.05) is 25.7 Å². The lowest BCUT2D eigenvalue weighted by Crippen LogP contribution is -2.41. The zero-order chi connectivity index (χ0) is 22.7. The zero-order valence-electron chi connectivity index (χ0n) is 18.0. The van der Waals surface area contributed by atoms with Crippen LogP contribution in [0, 0.1) is 24.6 Å². The van der Waals surface area contributed by atoms with Crippen LogP contribution in [0.4, 0.5) is 16.0 Å². The number of amides is 2. The van der Waals surface area contributed by atoms with Crippen LogP contribution in [0.2, 0.25) is 0 Å². The van der Waals surface area contributed by atoms with Gasteiger partial charge in [0.2, 0.25) is 18.1 Å². The third kappa shape index (κ3) is 5.08. The predicted molar refractivity (Wildman–Crippen MR) is 110 cm³/mol. The molecule has 1 saturated carbocycles. The zero-order valence-corrected chi connectivity index (χ0v) is 18.0. The molecule has 1 aromatic rings. The summed E-state index contributed by atoms with van der Waals surface area (Å²) >= 11 is 0. The normalized spacial score (nSPS) is 23.8. The van der Waals surface area contributed by atoms with Crippen molar-refractivity contribution in [3.05, 3.63) is 11.6 Å². The lowest BCUT2D eigenvalue weighted by atomic mass is 9.92. The maximum Gasteiger partial charge on any atom is 0.243 e. The highest BCUT2D eigenvalue weighted by Crippen LogP contribution is 2.31. The van der Waals surface area contributed by atoms with E-state index in [0.29, 0.717) is 36.3 Å². The van der Waals surface area contributed by atoms with Crippen LogP contribution in [0.15, 0.2) is 0 Å². The monoisotopic (exact) mass is 452 g/mol. The van der Waals surface area contributed by atoms with Gasteiger partial charge in [-0.3, -0.25) is 25.6 Å². The highest BCUT2D eigenvalue weighted by molar-refractivity contribution is 5.80. The highest BCUT2D eigenvalue weighted by Gasteiger charge is 2.40. The van der Waals surface area contributed by atoms with Gasteiger partial charge in [0.15, 0.2) is 11.6 Å². The standard InChI is InChI=1S/C20H29FN6O5/c1-12-22-18(17(21)19(23-12)26-8-15-16(9-26)32-11-31-15)24-25-20(29)14(7-27(30)10-28)6-13-4-2-3-5-13/h10,13-16,30H,2-9,11H2,1H3,(H,25,29)(H,22,23,24)/t14-,15?,16?/m0/s1. The number of hydrogen-bond acceptors (Lipinski definition) is 9. The molecule has 2 aliphatic heterocycles. The van der Waals surface area contributed by atoms with E-state index >= 15 is 4.39 Å². The van der Waals surface area contributed by atoms with Gasteiger partial charge in [-0.25, -0.2) is 15.0 Å². The quantitative estimate of drug-likeness (QED) is 0.285. The van der Waals surface area contributed by atoms with Gasteiger partial charge in [-0.05, 0) is 19.3 Å². The van der Waals surface area contributed by atoms with Crippen LogP contribution in [0.25, 0.3) is 0 Å². The molecule has 2 saturated heterocycles. The summed E-state index contributed by atoms with van der Waals surface area (Å²) in [6.07, 6.45) is 4.78. The summed E-state index contributed by atoms with van der Waals surface area (Å²) in [5.74, 6) is -1.14. The van der Waals surface area contributed by atoms with E-state index in [9.17, 15) is 14.8 Å². The first-order chi connectivity index (χ1) is 15.4. The van der Waals surface area contributed by atoms with Gasteiger partial charge in [0, 0.05) is 13.1 Å². The molecule has 1 aromatic heterocycles. The number of aromatic nitrogens is 2. The molecule has 32 heavy (non-hydrogen) atoms. The van der Waals surface area contributed by atoms with E-state index in [1.54, 1.807) is 11.8 Å². The van der Waals surface area contributed by atoms with Crippen molar-refractivity contribution in [1.29, 1.82) is 0 Å². The third-order valence-corrected chi connectivity index (χ3v) is 6.32. The Hall–Kier alpha value is -2.57. The lowest BCUT2D eigenvalue weighted by molar-refractivity contribution is -0.154. The van der Waals surface area contributed by atoms with Gasteiger partial charge in [-0.2, -0.15) is 4.39 Å². The Bertz CT molecular complexity index is 827. The number of nitrogens with zero attached hydrogens (tertiary/aromatic N) is 4. The third-order valence-electron chi connectivity index (χ3n) is 6.32. The van der Waals surface area contributed by atoms with Crippen molar-refractivity contribution in [1.82, 2.24) is 20.5 Å². The van der Waals surface area contributed by atoms with Crippen molar-refractivity contribution in [2.75, 3.05) is 36.8 Å². The number of fused-ring (bicyclic) bond motifs is 1. The number of nitrogens with one attached hydrogen (secondary N) is 2. The van der Waals surface area contributed by atoms with E-state index in [1.807, 2.05) is 0 Å². The number of hydrazine groups is 1. The second kappa shape index (κ2) is 9.92. The Morgan fingerprint density at radius 2 is 2.00 bits per heavy atom. The molecule has 0 radical (unpaired) electrons. The van der Waals surface area contributed by atoms with E-state index in [4.69, 9.17) is 9.47 Å². The molecule has 0 bridgehead atoms. The number of carbonyl (C=O) groups is 2. The number of halogens is 1. The molecular formula is C20H29FN6O5. The summed E-state index contributed by atoms with van der Waals surface area (Å²) in [5, 5.41) is 10.1. The van der Waals surface area contributed by atoms with Gasteiger partial charge in [0.05, 0.1) is 12.5 Å². The minimum atomic E-state index is -0.695. The van der Waals surface area contributed by atoms with Crippen molar-refractivity contribution < 1.29 is 28.7 Å². The average Bonchev–Trinajstić information content (AvgIpc) is 3.51. The van der Waals surface area contributed by atoms with E-state index < -0.39 is 17.6 Å². The Morgan fingerprint density at radius 3 is 2.66 bits per heavy atom. The summed E-state index contributed by atoms with van der Waals surface area (Å²) in [6.45, 7) is 2.64. The number of aryl methyl sites for hydroxylation is 1. The molecule has 3 N–H and O–H groups in total. The van der Waals surface area contributed by atoms with Crippen molar-refractivity contribution in [3.63, 3.8) is 0 Å². The molecule has 2 unspecified atom stereocenters. The summed E-state index contributed by atoms with van der Waals surface area (Å²) < 4.78 is 26.1. The number of ether oxygens (including phenoxy) is 2. The Kier molecular flexibility index (Phi) is 7.01. The van der Waals surface area contributed by atoms with Crippen LogP contribution in [0.1, 0.15) is 37.9 Å². The Morgan fingerprint density at radius 1 is 1.31 bits per heavy atom. The number of carbonyl (C=O) groups excluding carboxylic acids is 2. The van der Waals surface area contributed by atoms with Crippen molar-refractivity contribution in [2.24, 2.45) is 11.8 Å². The Balaban J connectivity index is 1.42. The molecule has 3 atom stereocenters. The van der Waals surface area contributed by atoms with Crippen LogP contribution in [-0.2, 0) is 19.1 Å². The number of anilines is 2. The lowest BCUT2D eigenvalue weighted by Gasteiger charge is -2.23. The van der Waals surface area contributed by atoms with E-state index in [0.717, 1.165) is 25.7 Å². The van der Waals surface area contributed by atoms with E-state index in [1.165, 1.54) is 0 Å². The Labute approximate surface area is 185 Å². The fourth-order valence-electron chi connectivity index (χ4n) is 4.69. The van der Waals surface area contributed by atoms with Crippen molar-refractivity contribution in [2.45, 2.75) is 51.2 Å². The molecule has 3 fully saturated rings. The molecular weight excluding hydrogens is 423 g/mol. The number of hydrogen-bond donors (Lipinski definition) is 3. The van der Waals surface area contributed by atoms with Gasteiger partial charge >= 0.3 is 0 Å². The topological polar surface area (TPSA) is 129 Å². The molecule has 2 amide bonds. The van der Waals surface area contributed by atoms with E-state index in [2.05, 4.69) is 20.8 Å². The minimum Gasteiger partial charge on any atom is -0.349 e. The molecule has 4 rings (SSSR count). The molecule has 12 heteroatoms. The smallest absolute Gasteiger partial charge is 0.243 e. The second-order valence-electron chi connectivity index (χ2n) is 8.61. The van der Waals surface area contributed by atoms with Crippen molar-refractivity contribution in [3.8, 4) is 0 Å². The first-order valence-corrected chi connectivity index (χ1v) is 10.9. The number of hydroxylamine groups is 2. The first kappa shape index (κ1) is 22.6. The summed E-state index contributed by atoms with van der Waals surface area (Å²) in [4.78, 5) is 33.7. The molecule has 0 spiro atoms. The first-order valence-electron chi connectivity index (χ1n) is 10.9.